The highest BCUT2D eigenvalue weighted by molar-refractivity contribution is 5.76. The van der Waals surface area contributed by atoms with Gasteiger partial charge in [0.1, 0.15) is 0 Å². The van der Waals surface area contributed by atoms with Gasteiger partial charge in [0.05, 0.1) is 12.1 Å². The molecule has 0 saturated carbocycles. The van der Waals surface area contributed by atoms with Gasteiger partial charge in [-0.3, -0.25) is 9.59 Å². The molecule has 0 bridgehead atoms. The van der Waals surface area contributed by atoms with E-state index in [1.54, 1.807) is 0 Å². The summed E-state index contributed by atoms with van der Waals surface area (Å²) in [5.74, 6) is 12.6. The Morgan fingerprint density at radius 1 is 0.548 bits per heavy atom. The summed E-state index contributed by atoms with van der Waals surface area (Å²) in [6.45, 7) is 8.21. The molecule has 4 nitrogen and oxygen atoms in total. The first-order valence-corrected chi connectivity index (χ1v) is 16.0. The van der Waals surface area contributed by atoms with Gasteiger partial charge in [0.25, 0.3) is 0 Å². The van der Waals surface area contributed by atoms with Crippen LogP contribution in [0.25, 0.3) is 0 Å². The fourth-order valence-corrected chi connectivity index (χ4v) is 4.78. The van der Waals surface area contributed by atoms with Crippen molar-refractivity contribution in [2.24, 2.45) is 0 Å². The van der Waals surface area contributed by atoms with E-state index in [0.29, 0.717) is 12.8 Å². The molecule has 2 aromatic carbocycles. The normalized spacial score (nSPS) is 11.8. The topological polar surface area (TPSA) is 58.2 Å². The maximum absolute atomic E-state index is 12.2. The van der Waals surface area contributed by atoms with Crippen LogP contribution in [0.2, 0.25) is 0 Å². The second-order valence-electron chi connectivity index (χ2n) is 11.5. The molecule has 0 spiro atoms. The van der Waals surface area contributed by atoms with E-state index in [2.05, 4.69) is 96.7 Å². The zero-order valence-electron chi connectivity index (χ0n) is 26.5. The predicted octanol–water partition coefficient (Wildman–Crippen LogP) is 8.83. The second kappa shape index (κ2) is 21.2. The highest BCUT2D eigenvalue weighted by Crippen LogP contribution is 2.15. The van der Waals surface area contributed by atoms with Crippen LogP contribution in [-0.2, 0) is 9.59 Å². The first-order chi connectivity index (χ1) is 20.3. The third kappa shape index (κ3) is 16.1. The Hall–Kier alpha value is -3.50. The van der Waals surface area contributed by atoms with E-state index < -0.39 is 0 Å². The number of benzene rings is 2. The van der Waals surface area contributed by atoms with Crippen molar-refractivity contribution >= 4 is 11.8 Å². The Balaban J connectivity index is 1.37. The Kier molecular flexibility index (Phi) is 17.5. The lowest BCUT2D eigenvalue weighted by Crippen LogP contribution is -2.26. The van der Waals surface area contributed by atoms with E-state index in [-0.39, 0.29) is 23.9 Å². The van der Waals surface area contributed by atoms with Crippen molar-refractivity contribution in [1.82, 2.24) is 10.6 Å². The predicted molar refractivity (Wildman–Crippen MR) is 176 cm³/mol. The number of carbonyl (C=O) groups is 2. The van der Waals surface area contributed by atoms with Gasteiger partial charge in [0.2, 0.25) is 11.8 Å². The van der Waals surface area contributed by atoms with E-state index in [4.69, 9.17) is 0 Å². The molecule has 2 rings (SSSR count). The third-order valence-electron chi connectivity index (χ3n) is 7.56. The van der Waals surface area contributed by atoms with Gasteiger partial charge in [-0.25, -0.2) is 0 Å². The van der Waals surface area contributed by atoms with Gasteiger partial charge < -0.3 is 10.6 Å². The maximum atomic E-state index is 12.2. The SMILES string of the molecule is Cc1ccc(C(C)NC(=O)CCCCCCCC#CC#CCCCCCCCC(=O)NC(C)c2ccc(C)cc2)cc1. The van der Waals surface area contributed by atoms with Gasteiger partial charge in [-0.2, -0.15) is 0 Å². The van der Waals surface area contributed by atoms with Crippen molar-refractivity contribution in [3.05, 3.63) is 70.8 Å². The fourth-order valence-electron chi connectivity index (χ4n) is 4.78. The molecule has 0 radical (unpaired) electrons. The van der Waals surface area contributed by atoms with Gasteiger partial charge in [-0.15, -0.1) is 0 Å². The van der Waals surface area contributed by atoms with E-state index in [1.165, 1.54) is 11.1 Å². The summed E-state index contributed by atoms with van der Waals surface area (Å²) in [5.41, 5.74) is 4.76. The number of carbonyl (C=O) groups excluding carboxylic acids is 2. The van der Waals surface area contributed by atoms with Crippen LogP contribution in [0.15, 0.2) is 48.5 Å². The maximum Gasteiger partial charge on any atom is 0.220 e. The molecule has 226 valence electrons. The first kappa shape index (κ1) is 34.7. The van der Waals surface area contributed by atoms with Crippen molar-refractivity contribution in [2.45, 2.75) is 130 Å². The van der Waals surface area contributed by atoms with Crippen molar-refractivity contribution in [1.29, 1.82) is 0 Å². The minimum Gasteiger partial charge on any atom is -0.350 e. The first-order valence-electron chi connectivity index (χ1n) is 16.0. The molecule has 2 aromatic rings. The zero-order chi connectivity index (χ0) is 30.4. The van der Waals surface area contributed by atoms with E-state index in [0.717, 1.165) is 88.2 Å². The smallest absolute Gasteiger partial charge is 0.220 e. The van der Waals surface area contributed by atoms with Gasteiger partial charge in [0.15, 0.2) is 0 Å². The summed E-state index contributed by atoms with van der Waals surface area (Å²) < 4.78 is 0. The van der Waals surface area contributed by atoms with Gasteiger partial charge in [0, 0.05) is 25.7 Å². The number of amides is 2. The molecule has 2 amide bonds. The standard InChI is InChI=1S/C38H52N2O2/c1-31-23-27-35(28-24-31)33(3)39-37(41)21-19-17-15-13-11-9-7-5-6-8-10-12-14-16-18-20-22-38(42)40-34(4)36-29-25-32(2)26-30-36/h23-30,33-34H,9-22H2,1-4H3,(H,39,41)(H,40,42). The summed E-state index contributed by atoms with van der Waals surface area (Å²) in [5, 5.41) is 6.20. The Bertz CT molecular complexity index is 1080. The Morgan fingerprint density at radius 3 is 1.26 bits per heavy atom. The minimum absolute atomic E-state index is 0.0511. The summed E-state index contributed by atoms with van der Waals surface area (Å²) in [4.78, 5) is 24.4. The lowest BCUT2D eigenvalue weighted by atomic mass is 10.1. The largest absolute Gasteiger partial charge is 0.350 e. The van der Waals surface area contributed by atoms with E-state index in [9.17, 15) is 9.59 Å². The molecule has 0 aliphatic rings. The van der Waals surface area contributed by atoms with Crippen LogP contribution in [0, 0.1) is 37.5 Å². The van der Waals surface area contributed by atoms with Crippen molar-refractivity contribution in [3.63, 3.8) is 0 Å². The summed E-state index contributed by atoms with van der Waals surface area (Å²) in [7, 11) is 0. The van der Waals surface area contributed by atoms with Crippen LogP contribution in [0.5, 0.6) is 0 Å². The molecule has 2 N–H and O–H groups in total. The minimum atomic E-state index is 0.0511. The molecule has 2 unspecified atom stereocenters. The summed E-state index contributed by atoms with van der Waals surface area (Å²) >= 11 is 0. The lowest BCUT2D eigenvalue weighted by molar-refractivity contribution is -0.122. The van der Waals surface area contributed by atoms with Gasteiger partial charge in [-0.05, 0) is 76.3 Å². The van der Waals surface area contributed by atoms with Crippen molar-refractivity contribution in [2.75, 3.05) is 0 Å². The Labute approximate surface area is 255 Å². The summed E-state index contributed by atoms with van der Waals surface area (Å²) in [6, 6.07) is 16.8. The molecule has 0 aromatic heterocycles. The molecular weight excluding hydrogens is 516 g/mol. The van der Waals surface area contributed by atoms with E-state index >= 15 is 0 Å². The molecule has 0 heterocycles. The molecule has 0 aliphatic heterocycles. The number of unbranched alkanes of at least 4 members (excludes halogenated alkanes) is 10. The molecule has 42 heavy (non-hydrogen) atoms. The molecule has 0 fully saturated rings. The average molecular weight is 569 g/mol. The number of hydrogen-bond donors (Lipinski definition) is 2. The highest BCUT2D eigenvalue weighted by Gasteiger charge is 2.10. The van der Waals surface area contributed by atoms with Crippen LogP contribution in [0.1, 0.15) is 138 Å². The van der Waals surface area contributed by atoms with Crippen LogP contribution in [-0.4, -0.2) is 11.8 Å². The molecule has 4 heteroatoms. The van der Waals surface area contributed by atoms with Crippen LogP contribution in [0.3, 0.4) is 0 Å². The molecule has 0 aliphatic carbocycles. The molecule has 2 atom stereocenters. The molecular formula is C38H52N2O2. The number of rotatable bonds is 18. The average Bonchev–Trinajstić information content (AvgIpc) is 2.97. The van der Waals surface area contributed by atoms with E-state index in [1.807, 2.05) is 13.8 Å². The van der Waals surface area contributed by atoms with Gasteiger partial charge >= 0.3 is 0 Å². The van der Waals surface area contributed by atoms with Gasteiger partial charge in [-0.1, -0.05) is 110 Å². The molecule has 0 saturated heterocycles. The second-order valence-corrected chi connectivity index (χ2v) is 11.5. The lowest BCUT2D eigenvalue weighted by Gasteiger charge is -2.14. The van der Waals surface area contributed by atoms with Crippen molar-refractivity contribution < 1.29 is 9.59 Å². The fraction of sp³-hybridized carbons (Fsp3) is 0.526. The van der Waals surface area contributed by atoms with Crippen molar-refractivity contribution in [3.8, 4) is 23.7 Å². The number of nitrogens with one attached hydrogen (secondary N) is 2. The monoisotopic (exact) mass is 568 g/mol. The third-order valence-corrected chi connectivity index (χ3v) is 7.56. The van der Waals surface area contributed by atoms with Crippen LogP contribution in [0.4, 0.5) is 0 Å². The number of aryl methyl sites for hydroxylation is 2. The van der Waals surface area contributed by atoms with Crippen LogP contribution >= 0.6 is 0 Å². The number of hydrogen-bond acceptors (Lipinski definition) is 2. The van der Waals surface area contributed by atoms with Crippen LogP contribution < -0.4 is 10.6 Å². The zero-order valence-corrected chi connectivity index (χ0v) is 26.5. The highest BCUT2D eigenvalue weighted by atomic mass is 16.2. The Morgan fingerprint density at radius 2 is 0.881 bits per heavy atom. The quantitative estimate of drug-likeness (QED) is 0.139. The summed E-state index contributed by atoms with van der Waals surface area (Å²) in [6.07, 6.45) is 13.8.